The topological polar surface area (TPSA) is 136 Å². The Labute approximate surface area is 182 Å². The molecule has 32 heavy (non-hydrogen) atoms. The smallest absolute Gasteiger partial charge is 0.408 e. The Bertz CT molecular complexity index is 1370. The van der Waals surface area contributed by atoms with Crippen LogP contribution in [0.5, 0.6) is 0 Å². The lowest BCUT2D eigenvalue weighted by atomic mass is 10.2. The average Bonchev–Trinajstić information content (AvgIpc) is 3.07. The number of hydrogen-bond donors (Lipinski definition) is 0. The van der Waals surface area contributed by atoms with Gasteiger partial charge in [0.1, 0.15) is 12.2 Å². The number of piperazine rings is 1. The Balaban J connectivity index is 1.48. The second kappa shape index (κ2) is 8.11. The summed E-state index contributed by atoms with van der Waals surface area (Å²) in [5, 5.41) is 11.5. The summed E-state index contributed by atoms with van der Waals surface area (Å²) in [6.07, 6.45) is 0.991. The second-order valence-corrected chi connectivity index (χ2v) is 9.49. The molecular formula is C20H20N4O7S. The van der Waals surface area contributed by atoms with Crippen LogP contribution in [0.15, 0.2) is 56.6 Å². The molecule has 1 amide bonds. The number of carbonyl (C=O) groups excluding carboxylic acids is 1. The van der Waals surface area contributed by atoms with E-state index in [1.165, 1.54) is 16.7 Å². The van der Waals surface area contributed by atoms with E-state index in [9.17, 15) is 28.1 Å². The van der Waals surface area contributed by atoms with Gasteiger partial charge in [0.05, 0.1) is 15.3 Å². The van der Waals surface area contributed by atoms with Crippen molar-refractivity contribution < 1.29 is 22.6 Å². The van der Waals surface area contributed by atoms with Crippen molar-refractivity contribution in [2.75, 3.05) is 37.3 Å². The van der Waals surface area contributed by atoms with E-state index >= 15 is 0 Å². The molecule has 1 aliphatic heterocycles. The molecule has 1 aliphatic rings. The number of hydrogen-bond acceptors (Lipinski definition) is 8. The minimum Gasteiger partial charge on any atom is -0.408 e. The number of nitro benzene ring substituents is 1. The van der Waals surface area contributed by atoms with Crippen LogP contribution < -0.4 is 10.7 Å². The fourth-order valence-corrected chi connectivity index (χ4v) is 4.38. The molecule has 0 radical (unpaired) electrons. The minimum absolute atomic E-state index is 0.125. The van der Waals surface area contributed by atoms with Crippen molar-refractivity contribution in [2.45, 2.75) is 11.4 Å². The molecule has 168 valence electrons. The Morgan fingerprint density at radius 3 is 2.47 bits per heavy atom. The molecule has 0 bridgehead atoms. The molecule has 0 aliphatic carbocycles. The number of sulfone groups is 1. The number of fused-ring (bicyclic) bond motifs is 1. The Kier molecular flexibility index (Phi) is 5.46. The van der Waals surface area contributed by atoms with Gasteiger partial charge < -0.3 is 14.2 Å². The molecule has 0 N–H and O–H groups in total. The number of benzene rings is 2. The van der Waals surface area contributed by atoms with E-state index in [0.29, 0.717) is 43.0 Å². The maximum absolute atomic E-state index is 12.8. The summed E-state index contributed by atoms with van der Waals surface area (Å²) < 4.78 is 29.9. The molecule has 12 heteroatoms. The SMILES string of the molecule is CS(=O)(=O)c1ccc(N2CCN(C(=O)Cn3c(=O)oc4ccccc43)CC2)c([N+](=O)[O-])c1. The molecule has 0 saturated carbocycles. The summed E-state index contributed by atoms with van der Waals surface area (Å²) in [7, 11) is -3.58. The summed E-state index contributed by atoms with van der Waals surface area (Å²) in [4.78, 5) is 39.0. The predicted molar refractivity (Wildman–Crippen MR) is 115 cm³/mol. The van der Waals surface area contributed by atoms with Crippen LogP contribution >= 0.6 is 0 Å². The maximum atomic E-state index is 12.8. The van der Waals surface area contributed by atoms with Gasteiger partial charge in [-0.05, 0) is 24.3 Å². The lowest BCUT2D eigenvalue weighted by Crippen LogP contribution is -2.50. The van der Waals surface area contributed by atoms with Crippen LogP contribution in [0.4, 0.5) is 11.4 Å². The first-order chi connectivity index (χ1) is 15.1. The van der Waals surface area contributed by atoms with E-state index in [0.717, 1.165) is 12.3 Å². The monoisotopic (exact) mass is 460 g/mol. The molecule has 2 heterocycles. The Morgan fingerprint density at radius 2 is 1.81 bits per heavy atom. The molecule has 0 unspecified atom stereocenters. The van der Waals surface area contributed by atoms with Crippen LogP contribution in [-0.4, -0.2) is 61.2 Å². The van der Waals surface area contributed by atoms with Crippen LogP contribution in [0.2, 0.25) is 0 Å². The summed E-state index contributed by atoms with van der Waals surface area (Å²) in [5.41, 5.74) is 0.932. The van der Waals surface area contributed by atoms with Gasteiger partial charge in [-0.1, -0.05) is 12.1 Å². The van der Waals surface area contributed by atoms with Gasteiger partial charge in [-0.2, -0.15) is 0 Å². The first-order valence-corrected chi connectivity index (χ1v) is 11.6. The normalized spacial score (nSPS) is 14.7. The number of rotatable bonds is 5. The van der Waals surface area contributed by atoms with Gasteiger partial charge in [-0.3, -0.25) is 19.5 Å². The van der Waals surface area contributed by atoms with Gasteiger partial charge in [0.15, 0.2) is 15.4 Å². The second-order valence-electron chi connectivity index (χ2n) is 7.47. The van der Waals surface area contributed by atoms with E-state index in [-0.39, 0.29) is 23.0 Å². The van der Waals surface area contributed by atoms with Gasteiger partial charge >= 0.3 is 5.76 Å². The highest BCUT2D eigenvalue weighted by molar-refractivity contribution is 7.90. The van der Waals surface area contributed by atoms with E-state index < -0.39 is 20.5 Å². The van der Waals surface area contributed by atoms with E-state index in [2.05, 4.69) is 0 Å². The third-order valence-corrected chi connectivity index (χ3v) is 6.52. The highest BCUT2D eigenvalue weighted by Crippen LogP contribution is 2.31. The van der Waals surface area contributed by atoms with Gasteiger partial charge in [0, 0.05) is 38.5 Å². The van der Waals surface area contributed by atoms with Crippen LogP contribution in [-0.2, 0) is 21.2 Å². The summed E-state index contributed by atoms with van der Waals surface area (Å²) in [6, 6.07) is 10.6. The number of para-hydroxylation sites is 2. The molecule has 0 spiro atoms. The lowest BCUT2D eigenvalue weighted by molar-refractivity contribution is -0.384. The van der Waals surface area contributed by atoms with E-state index in [1.807, 2.05) is 0 Å². The number of anilines is 1. The molecule has 4 rings (SSSR count). The molecule has 2 aromatic carbocycles. The van der Waals surface area contributed by atoms with Crippen LogP contribution in [0.3, 0.4) is 0 Å². The molecule has 3 aromatic rings. The number of oxazole rings is 1. The number of carbonyl (C=O) groups is 1. The molecule has 0 atom stereocenters. The zero-order valence-electron chi connectivity index (χ0n) is 17.1. The van der Waals surface area contributed by atoms with E-state index in [4.69, 9.17) is 4.42 Å². The summed E-state index contributed by atoms with van der Waals surface area (Å²) in [6.45, 7) is 1.08. The zero-order valence-corrected chi connectivity index (χ0v) is 17.9. The quantitative estimate of drug-likeness (QED) is 0.410. The highest BCUT2D eigenvalue weighted by Gasteiger charge is 2.27. The molecule has 1 aromatic heterocycles. The number of nitro groups is 1. The van der Waals surface area contributed by atoms with Crippen LogP contribution in [0.25, 0.3) is 11.1 Å². The van der Waals surface area contributed by atoms with Crippen molar-refractivity contribution >= 4 is 38.2 Å². The predicted octanol–water partition coefficient (Wildman–Crippen LogP) is 1.25. The highest BCUT2D eigenvalue weighted by atomic mass is 32.2. The summed E-state index contributed by atoms with van der Waals surface area (Å²) >= 11 is 0. The van der Waals surface area contributed by atoms with Gasteiger partial charge in [0.2, 0.25) is 5.91 Å². The van der Waals surface area contributed by atoms with Crippen molar-refractivity contribution in [1.29, 1.82) is 0 Å². The first-order valence-electron chi connectivity index (χ1n) is 9.75. The number of nitrogens with zero attached hydrogens (tertiary/aromatic N) is 4. The zero-order chi connectivity index (χ0) is 23.0. The van der Waals surface area contributed by atoms with Crippen molar-refractivity contribution in [3.63, 3.8) is 0 Å². The third-order valence-electron chi connectivity index (χ3n) is 5.41. The fraction of sp³-hybridized carbons (Fsp3) is 0.300. The molecule has 11 nitrogen and oxygen atoms in total. The van der Waals surface area contributed by atoms with Crippen molar-refractivity contribution in [3.8, 4) is 0 Å². The molecular weight excluding hydrogens is 440 g/mol. The number of amides is 1. The van der Waals surface area contributed by atoms with Crippen molar-refractivity contribution in [3.05, 3.63) is 63.1 Å². The van der Waals surface area contributed by atoms with Crippen LogP contribution in [0, 0.1) is 10.1 Å². The van der Waals surface area contributed by atoms with Gasteiger partial charge in [0.25, 0.3) is 5.69 Å². The fourth-order valence-electron chi connectivity index (χ4n) is 3.74. The Morgan fingerprint density at radius 1 is 1.12 bits per heavy atom. The van der Waals surface area contributed by atoms with E-state index in [1.54, 1.807) is 34.1 Å². The minimum atomic E-state index is -3.58. The van der Waals surface area contributed by atoms with Gasteiger partial charge in [-0.25, -0.2) is 13.2 Å². The van der Waals surface area contributed by atoms with Crippen molar-refractivity contribution in [2.24, 2.45) is 0 Å². The average molecular weight is 460 g/mol. The molecule has 1 saturated heterocycles. The van der Waals surface area contributed by atoms with Crippen molar-refractivity contribution in [1.82, 2.24) is 9.47 Å². The Hall–Kier alpha value is -3.67. The maximum Gasteiger partial charge on any atom is 0.420 e. The largest absolute Gasteiger partial charge is 0.420 e. The van der Waals surface area contributed by atoms with Gasteiger partial charge in [-0.15, -0.1) is 0 Å². The standard InChI is InChI=1S/C20H20N4O7S/c1-32(29,30)14-6-7-15(17(12-14)24(27)28)21-8-10-22(11-9-21)19(25)13-23-16-4-2-3-5-18(16)31-20(23)26/h2-7,12H,8-11,13H2,1H3. The van der Waals surface area contributed by atoms with Crippen LogP contribution in [0.1, 0.15) is 0 Å². The summed E-state index contributed by atoms with van der Waals surface area (Å²) in [5.74, 6) is -0.875. The first kappa shape index (κ1) is 21.6. The third kappa shape index (κ3) is 4.08. The number of aromatic nitrogens is 1. The molecule has 1 fully saturated rings. The lowest BCUT2D eigenvalue weighted by Gasteiger charge is -2.35.